The Morgan fingerprint density at radius 2 is 2.06 bits per heavy atom. The number of hydrogen-bond acceptors (Lipinski definition) is 2. The summed E-state index contributed by atoms with van der Waals surface area (Å²) >= 11 is 0. The smallest absolute Gasteiger partial charge is 0.0672 e. The highest BCUT2D eigenvalue weighted by molar-refractivity contribution is 4.99. The molecule has 0 aromatic carbocycles. The van der Waals surface area contributed by atoms with Gasteiger partial charge >= 0.3 is 0 Å². The average Bonchev–Trinajstić information content (AvgIpc) is 2.40. The van der Waals surface area contributed by atoms with Crippen LogP contribution in [0.5, 0.6) is 0 Å². The molecule has 0 aromatic rings. The molecular formula is C16H28N2. The van der Waals surface area contributed by atoms with E-state index in [1.54, 1.807) is 0 Å². The first-order valence-electron chi connectivity index (χ1n) is 7.91. The van der Waals surface area contributed by atoms with Crippen molar-refractivity contribution in [1.82, 2.24) is 4.90 Å². The fourth-order valence-electron chi connectivity index (χ4n) is 3.97. The van der Waals surface area contributed by atoms with Crippen LogP contribution in [0.2, 0.25) is 0 Å². The standard InChI is InChI=1S/C16H28N2/c1-3-6-15-7-4-5-10-18(15)16-11-13(2)8-9-14(16)12-17/h13-16H,3-11H2,1-2H3. The molecular weight excluding hydrogens is 220 g/mol. The van der Waals surface area contributed by atoms with Gasteiger partial charge in [0.05, 0.1) is 12.0 Å². The van der Waals surface area contributed by atoms with Crippen LogP contribution in [0.25, 0.3) is 0 Å². The lowest BCUT2D eigenvalue weighted by molar-refractivity contribution is 0.0371. The van der Waals surface area contributed by atoms with Gasteiger partial charge in [-0.15, -0.1) is 0 Å². The van der Waals surface area contributed by atoms with Crippen molar-refractivity contribution >= 4 is 0 Å². The summed E-state index contributed by atoms with van der Waals surface area (Å²) in [4.78, 5) is 2.72. The normalized spacial score (nSPS) is 38.3. The molecule has 2 rings (SSSR count). The van der Waals surface area contributed by atoms with Crippen molar-refractivity contribution < 1.29 is 0 Å². The van der Waals surface area contributed by atoms with Gasteiger partial charge in [-0.2, -0.15) is 5.26 Å². The Morgan fingerprint density at radius 1 is 1.22 bits per heavy atom. The minimum atomic E-state index is 0.290. The molecule has 2 fully saturated rings. The van der Waals surface area contributed by atoms with Crippen LogP contribution in [0.4, 0.5) is 0 Å². The van der Waals surface area contributed by atoms with E-state index in [2.05, 4.69) is 24.8 Å². The van der Waals surface area contributed by atoms with Crippen molar-refractivity contribution in [3.05, 3.63) is 0 Å². The van der Waals surface area contributed by atoms with E-state index in [1.165, 1.54) is 51.5 Å². The minimum Gasteiger partial charge on any atom is -0.296 e. The van der Waals surface area contributed by atoms with Gasteiger partial charge in [-0.05, 0) is 51.0 Å². The first-order chi connectivity index (χ1) is 8.76. The second-order valence-corrected chi connectivity index (χ2v) is 6.40. The predicted molar refractivity (Wildman–Crippen MR) is 75.2 cm³/mol. The van der Waals surface area contributed by atoms with Crippen LogP contribution in [0.3, 0.4) is 0 Å². The SMILES string of the molecule is CCCC1CCCCN1C1CC(C)CCC1C#N. The predicted octanol–water partition coefficient (Wildman–Crippen LogP) is 3.97. The number of nitriles is 1. The Morgan fingerprint density at radius 3 is 2.78 bits per heavy atom. The van der Waals surface area contributed by atoms with Gasteiger partial charge in [0, 0.05) is 12.1 Å². The summed E-state index contributed by atoms with van der Waals surface area (Å²) in [6.45, 7) is 5.89. The zero-order valence-electron chi connectivity index (χ0n) is 12.1. The fourth-order valence-corrected chi connectivity index (χ4v) is 3.97. The van der Waals surface area contributed by atoms with Crippen LogP contribution in [0, 0.1) is 23.2 Å². The summed E-state index contributed by atoms with van der Waals surface area (Å²) < 4.78 is 0. The first-order valence-corrected chi connectivity index (χ1v) is 7.91. The lowest BCUT2D eigenvalue weighted by Gasteiger charge is -2.46. The third-order valence-corrected chi connectivity index (χ3v) is 4.97. The molecule has 0 aromatic heterocycles. The molecule has 102 valence electrons. The highest BCUT2D eigenvalue weighted by atomic mass is 15.2. The maximum atomic E-state index is 9.42. The summed E-state index contributed by atoms with van der Waals surface area (Å²) in [6.07, 6.45) is 10.3. The highest BCUT2D eigenvalue weighted by Gasteiger charge is 2.36. The summed E-state index contributed by atoms with van der Waals surface area (Å²) in [6, 6.07) is 3.90. The summed E-state index contributed by atoms with van der Waals surface area (Å²) in [7, 11) is 0. The van der Waals surface area contributed by atoms with E-state index in [0.29, 0.717) is 12.0 Å². The minimum absolute atomic E-state index is 0.290. The molecule has 2 heteroatoms. The Bertz CT molecular complexity index is 292. The summed E-state index contributed by atoms with van der Waals surface area (Å²) in [5, 5.41) is 9.42. The number of piperidine rings is 1. The zero-order valence-corrected chi connectivity index (χ0v) is 12.1. The van der Waals surface area contributed by atoms with Crippen LogP contribution in [0.1, 0.15) is 65.2 Å². The van der Waals surface area contributed by atoms with E-state index in [-0.39, 0.29) is 0 Å². The molecule has 0 N–H and O–H groups in total. The molecule has 1 saturated carbocycles. The molecule has 18 heavy (non-hydrogen) atoms. The van der Waals surface area contributed by atoms with Crippen LogP contribution in [0.15, 0.2) is 0 Å². The van der Waals surface area contributed by atoms with Gasteiger partial charge < -0.3 is 0 Å². The van der Waals surface area contributed by atoms with Crippen LogP contribution >= 0.6 is 0 Å². The Labute approximate surface area is 112 Å². The van der Waals surface area contributed by atoms with Crippen molar-refractivity contribution in [2.45, 2.75) is 77.3 Å². The lowest BCUT2D eigenvalue weighted by Crippen LogP contribution is -2.51. The highest BCUT2D eigenvalue weighted by Crippen LogP contribution is 2.35. The largest absolute Gasteiger partial charge is 0.296 e. The number of likely N-dealkylation sites (tertiary alicyclic amines) is 1. The molecule has 4 atom stereocenters. The lowest BCUT2D eigenvalue weighted by atomic mass is 9.77. The second kappa shape index (κ2) is 6.57. The van der Waals surface area contributed by atoms with Gasteiger partial charge in [0.2, 0.25) is 0 Å². The van der Waals surface area contributed by atoms with Crippen molar-refractivity contribution in [3.8, 4) is 6.07 Å². The molecule has 1 heterocycles. The second-order valence-electron chi connectivity index (χ2n) is 6.40. The van der Waals surface area contributed by atoms with E-state index >= 15 is 0 Å². The molecule has 0 spiro atoms. The average molecular weight is 248 g/mol. The van der Waals surface area contributed by atoms with E-state index < -0.39 is 0 Å². The van der Waals surface area contributed by atoms with E-state index in [9.17, 15) is 5.26 Å². The van der Waals surface area contributed by atoms with Gasteiger partial charge in [0.25, 0.3) is 0 Å². The summed E-state index contributed by atoms with van der Waals surface area (Å²) in [5.74, 6) is 1.10. The third-order valence-electron chi connectivity index (χ3n) is 4.97. The van der Waals surface area contributed by atoms with Gasteiger partial charge in [-0.1, -0.05) is 26.7 Å². The molecule has 0 radical (unpaired) electrons. The van der Waals surface area contributed by atoms with Crippen molar-refractivity contribution in [3.63, 3.8) is 0 Å². The van der Waals surface area contributed by atoms with Gasteiger partial charge in [-0.25, -0.2) is 0 Å². The maximum absolute atomic E-state index is 9.42. The number of nitrogens with zero attached hydrogens (tertiary/aromatic N) is 2. The van der Waals surface area contributed by atoms with Crippen molar-refractivity contribution in [2.24, 2.45) is 11.8 Å². The molecule has 0 bridgehead atoms. The monoisotopic (exact) mass is 248 g/mol. The Hall–Kier alpha value is -0.550. The van der Waals surface area contributed by atoms with Crippen LogP contribution in [-0.4, -0.2) is 23.5 Å². The van der Waals surface area contributed by atoms with Crippen molar-refractivity contribution in [2.75, 3.05) is 6.54 Å². The Balaban J connectivity index is 2.07. The van der Waals surface area contributed by atoms with E-state index in [0.717, 1.165) is 18.4 Å². The molecule has 1 aliphatic heterocycles. The van der Waals surface area contributed by atoms with Crippen molar-refractivity contribution in [1.29, 1.82) is 5.26 Å². The zero-order chi connectivity index (χ0) is 13.0. The topological polar surface area (TPSA) is 27.0 Å². The molecule has 1 saturated heterocycles. The third kappa shape index (κ3) is 3.06. The fraction of sp³-hybridized carbons (Fsp3) is 0.938. The summed E-state index contributed by atoms with van der Waals surface area (Å²) in [5.41, 5.74) is 0. The van der Waals surface area contributed by atoms with E-state index in [4.69, 9.17) is 0 Å². The molecule has 4 unspecified atom stereocenters. The Kier molecular flexibility index (Phi) is 5.06. The molecule has 2 nitrogen and oxygen atoms in total. The molecule has 2 aliphatic rings. The van der Waals surface area contributed by atoms with Gasteiger partial charge in [-0.3, -0.25) is 4.90 Å². The van der Waals surface area contributed by atoms with Gasteiger partial charge in [0.1, 0.15) is 0 Å². The molecule has 1 aliphatic carbocycles. The number of hydrogen-bond donors (Lipinski definition) is 0. The van der Waals surface area contributed by atoms with Crippen LogP contribution in [-0.2, 0) is 0 Å². The van der Waals surface area contributed by atoms with Gasteiger partial charge in [0.15, 0.2) is 0 Å². The molecule has 0 amide bonds. The van der Waals surface area contributed by atoms with E-state index in [1.807, 2.05) is 0 Å². The number of rotatable bonds is 3. The quantitative estimate of drug-likeness (QED) is 0.755. The maximum Gasteiger partial charge on any atom is 0.0672 e. The first kappa shape index (κ1) is 13.9. The van der Waals surface area contributed by atoms with Crippen LogP contribution < -0.4 is 0 Å².